The van der Waals surface area contributed by atoms with Crippen molar-refractivity contribution in [2.24, 2.45) is 0 Å². The largest absolute Gasteiger partial charge is 0.491 e. The number of carbonyl (C=O) groups is 1. The Morgan fingerprint density at radius 2 is 1.20 bits per heavy atom. The van der Waals surface area contributed by atoms with Crippen molar-refractivity contribution in [1.82, 2.24) is 0 Å². The van der Waals surface area contributed by atoms with Gasteiger partial charge in [-0.05, 0) is 73.5 Å². The van der Waals surface area contributed by atoms with Gasteiger partial charge in [0.25, 0.3) is 0 Å². The van der Waals surface area contributed by atoms with Crippen LogP contribution >= 0.6 is 0 Å². The Balaban J connectivity index is 3.06. The first-order chi connectivity index (χ1) is 26.6. The summed E-state index contributed by atoms with van der Waals surface area (Å²) in [6, 6.07) is 4.63. The quantitative estimate of drug-likeness (QED) is 0.0280. The summed E-state index contributed by atoms with van der Waals surface area (Å²) in [5.41, 5.74) is -0.521. The van der Waals surface area contributed by atoms with E-state index in [0.29, 0.717) is 30.4 Å². The number of benzene rings is 1. The third-order valence-electron chi connectivity index (χ3n) is 9.42. The first-order valence-electron chi connectivity index (χ1n) is 17.8. The molecule has 59 heavy (non-hydrogen) atoms. The Labute approximate surface area is 330 Å². The van der Waals surface area contributed by atoms with Crippen LogP contribution in [0, 0.1) is 0 Å². The van der Waals surface area contributed by atoms with Crippen LogP contribution in [0.1, 0.15) is 78.9 Å². The highest BCUT2D eigenvalue weighted by atomic mass is 28.4. The number of hydrogen-bond acceptors (Lipinski definition) is 5. The molecule has 0 bridgehead atoms. The van der Waals surface area contributed by atoms with E-state index in [4.69, 9.17) is 13.9 Å². The first kappa shape index (κ1) is 53.9. The van der Waals surface area contributed by atoms with E-state index in [9.17, 15) is 84.5 Å². The number of aliphatic hydroxyl groups is 1. The van der Waals surface area contributed by atoms with Crippen LogP contribution < -0.4 is 4.74 Å². The summed E-state index contributed by atoms with van der Waals surface area (Å²) in [7, 11) is -3.93. The molecule has 0 saturated heterocycles. The fourth-order valence-electron chi connectivity index (χ4n) is 5.82. The lowest BCUT2D eigenvalue weighted by Gasteiger charge is -2.44. The normalized spacial score (nSPS) is 15.4. The monoisotopic (exact) mass is 908 g/mol. The molecule has 0 fully saturated rings. The van der Waals surface area contributed by atoms with Gasteiger partial charge in [-0.25, -0.2) is 4.79 Å². The molecule has 342 valence electrons. The lowest BCUT2D eigenvalue weighted by Crippen LogP contribution is -2.74. The number of esters is 1. The zero-order chi connectivity index (χ0) is 46.3. The molecule has 0 amide bonds. The molecule has 1 aromatic rings. The second-order valence-corrected chi connectivity index (χ2v) is 19.2. The van der Waals surface area contributed by atoms with E-state index in [2.05, 4.69) is 0 Å². The molecule has 0 spiro atoms. The van der Waals surface area contributed by atoms with Crippen LogP contribution in [0.5, 0.6) is 5.75 Å². The minimum Gasteiger partial charge on any atom is -0.491 e. The number of carbonyl (C=O) groups excluding carboxylic acids is 1. The van der Waals surface area contributed by atoms with Gasteiger partial charge >= 0.3 is 53.6 Å². The van der Waals surface area contributed by atoms with Crippen molar-refractivity contribution in [2.75, 3.05) is 19.8 Å². The molecule has 23 heteroatoms. The van der Waals surface area contributed by atoms with Gasteiger partial charge < -0.3 is 19.0 Å². The Bertz CT molecular complexity index is 1550. The molecule has 5 nitrogen and oxygen atoms in total. The minimum absolute atomic E-state index is 0.197. The number of allylic oxidation sites excluding steroid dienone is 3. The zero-order valence-electron chi connectivity index (χ0n) is 32.4. The molecule has 0 radical (unpaired) electrons. The Kier molecular flexibility index (Phi) is 18.1. The fourth-order valence-corrected chi connectivity index (χ4v) is 10.3. The van der Waals surface area contributed by atoms with E-state index in [0.717, 1.165) is 0 Å². The van der Waals surface area contributed by atoms with Gasteiger partial charge in [0.1, 0.15) is 12.4 Å². The van der Waals surface area contributed by atoms with Crippen LogP contribution in [0.25, 0.3) is 0 Å². The van der Waals surface area contributed by atoms with E-state index >= 15 is 0 Å². The first-order valence-corrected chi connectivity index (χ1v) is 20.1. The summed E-state index contributed by atoms with van der Waals surface area (Å²) in [6.07, 6.45) is -4.88. The van der Waals surface area contributed by atoms with Gasteiger partial charge in [-0.15, -0.1) is 0 Å². The predicted molar refractivity (Wildman–Crippen MR) is 182 cm³/mol. The van der Waals surface area contributed by atoms with Crippen molar-refractivity contribution in [3.05, 3.63) is 53.6 Å². The number of ether oxygens (including phenoxy) is 2. The molecular weight excluding hydrogens is 863 g/mol. The average molecular weight is 909 g/mol. The van der Waals surface area contributed by atoms with Gasteiger partial charge in [0, 0.05) is 12.5 Å². The number of halogens is 17. The van der Waals surface area contributed by atoms with E-state index < -0.39 is 98.2 Å². The van der Waals surface area contributed by atoms with Crippen molar-refractivity contribution in [2.45, 2.75) is 138 Å². The van der Waals surface area contributed by atoms with Crippen LogP contribution in [-0.4, -0.2) is 86.8 Å². The molecule has 1 N–H and O–H groups in total. The SMILES string of the molecule is CCOC(=O)/C=C(C)/C=C/CCC[C@@H](O)c1ccc(OCCO[Si](CCC(F)(F)C(F)(F)C(F)(F)C(F)(F)C(F)(F)C(F)(F)C(F)(F)C(F)(F)F)(C(C)C)C(C)C)cc1. The molecule has 0 unspecified atom stereocenters. The van der Waals surface area contributed by atoms with Gasteiger partial charge in [0.05, 0.1) is 19.3 Å². The maximum Gasteiger partial charge on any atom is 0.460 e. The maximum atomic E-state index is 14.9. The average Bonchev–Trinajstić information content (AvgIpc) is 3.10. The summed E-state index contributed by atoms with van der Waals surface area (Å²) in [5.74, 6) is -56.9. The molecule has 1 atom stereocenters. The van der Waals surface area contributed by atoms with Gasteiger partial charge in [0.2, 0.25) is 0 Å². The van der Waals surface area contributed by atoms with Crippen LogP contribution in [0.15, 0.2) is 48.1 Å². The van der Waals surface area contributed by atoms with Gasteiger partial charge in [-0.1, -0.05) is 52.0 Å². The number of unbranched alkanes of at least 4 members (excludes halogenated alkanes) is 1. The van der Waals surface area contributed by atoms with Gasteiger partial charge in [-0.2, -0.15) is 74.6 Å². The van der Waals surface area contributed by atoms with E-state index in [1.165, 1.54) is 58.0 Å². The Morgan fingerprint density at radius 1 is 0.729 bits per heavy atom. The highest BCUT2D eigenvalue weighted by molar-refractivity contribution is 6.76. The molecule has 1 rings (SSSR count). The van der Waals surface area contributed by atoms with Crippen LogP contribution in [-0.2, 0) is 14.0 Å². The predicted octanol–water partition coefficient (Wildman–Crippen LogP) is 12.5. The summed E-state index contributed by atoms with van der Waals surface area (Å²) in [5, 5.41) is 10.5. The van der Waals surface area contributed by atoms with Crippen LogP contribution in [0.3, 0.4) is 0 Å². The van der Waals surface area contributed by atoms with Crippen molar-refractivity contribution < 1.29 is 98.4 Å². The molecule has 0 aliphatic rings. The second-order valence-electron chi connectivity index (χ2n) is 14.2. The fraction of sp³-hybridized carbons (Fsp3) is 0.694. The van der Waals surface area contributed by atoms with Crippen molar-refractivity contribution in [3.63, 3.8) is 0 Å². The minimum atomic E-state index is -8.68. The number of aliphatic hydroxyl groups excluding tert-OH is 1. The Hall–Kier alpha value is -3.08. The molecule has 0 saturated carbocycles. The van der Waals surface area contributed by atoms with E-state index in [1.54, 1.807) is 19.9 Å². The van der Waals surface area contributed by atoms with Crippen molar-refractivity contribution in [3.8, 4) is 5.75 Å². The van der Waals surface area contributed by atoms with E-state index in [-0.39, 0.29) is 19.0 Å². The van der Waals surface area contributed by atoms with Crippen molar-refractivity contribution >= 4 is 14.3 Å². The summed E-state index contributed by atoms with van der Waals surface area (Å²) < 4.78 is 250. The summed E-state index contributed by atoms with van der Waals surface area (Å²) in [4.78, 5) is 11.5. The summed E-state index contributed by atoms with van der Waals surface area (Å²) in [6.45, 7) is 8.13. The molecule has 0 heterocycles. The molecule has 0 aromatic heterocycles. The lowest BCUT2D eigenvalue weighted by atomic mass is 9.88. The zero-order valence-corrected chi connectivity index (χ0v) is 33.4. The van der Waals surface area contributed by atoms with E-state index in [1.807, 2.05) is 6.08 Å². The molecule has 1 aromatic carbocycles. The third kappa shape index (κ3) is 11.4. The number of hydrogen-bond donors (Lipinski definition) is 1. The van der Waals surface area contributed by atoms with Crippen molar-refractivity contribution in [1.29, 1.82) is 0 Å². The highest BCUT2D eigenvalue weighted by Gasteiger charge is 2.95. The second kappa shape index (κ2) is 19.7. The lowest BCUT2D eigenvalue weighted by molar-refractivity contribution is -0.461. The van der Waals surface area contributed by atoms with Gasteiger partial charge in [0.15, 0.2) is 8.32 Å². The Morgan fingerprint density at radius 3 is 1.66 bits per heavy atom. The third-order valence-corrected chi connectivity index (χ3v) is 15.1. The highest BCUT2D eigenvalue weighted by Crippen LogP contribution is 2.64. The molecular formula is C36H45F17O5Si. The number of alkyl halides is 17. The molecule has 0 aliphatic heterocycles. The smallest absolute Gasteiger partial charge is 0.460 e. The van der Waals surface area contributed by atoms with Gasteiger partial charge in [-0.3, -0.25) is 0 Å². The topological polar surface area (TPSA) is 65.0 Å². The number of rotatable bonds is 24. The maximum absolute atomic E-state index is 14.9. The summed E-state index contributed by atoms with van der Waals surface area (Å²) >= 11 is 0. The molecule has 0 aliphatic carbocycles. The standard InChI is InChI=1S/C36H45F17O5Si/c1-7-56-28(55)21-24(6)11-9-8-10-12-27(54)25-13-15-26(16-14-25)57-18-19-58-59(22(2)3,23(4)5)20-17-29(37,38)30(39,40)31(41,42)32(43,44)33(45,46)34(47,48)35(49,50)36(51,52)53/h9,11,13-16,21-23,27,54H,7-8,10,12,17-20H2,1-6H3/b11-9+,24-21+/t27-/m1/s1. The van der Waals surface area contributed by atoms with Crippen LogP contribution in [0.2, 0.25) is 17.1 Å². The van der Waals surface area contributed by atoms with Crippen LogP contribution in [0.4, 0.5) is 74.6 Å².